The van der Waals surface area contributed by atoms with Gasteiger partial charge in [0.25, 0.3) is 0 Å². The Morgan fingerprint density at radius 3 is 3.00 bits per heavy atom. The highest BCUT2D eigenvalue weighted by Crippen LogP contribution is 2.27. The van der Waals surface area contributed by atoms with Crippen molar-refractivity contribution >= 4 is 15.9 Å². The highest BCUT2D eigenvalue weighted by atomic mass is 79.9. The zero-order valence-electron chi connectivity index (χ0n) is 9.88. The number of hydrogen-bond donors (Lipinski definition) is 1. The Labute approximate surface area is 114 Å². The SMILES string of the molecule is OCC1CCn2nc(-c3ccccc3Br)nc2C1. The van der Waals surface area contributed by atoms with Crippen molar-refractivity contribution in [2.24, 2.45) is 5.92 Å². The van der Waals surface area contributed by atoms with E-state index in [9.17, 15) is 5.11 Å². The van der Waals surface area contributed by atoms with Crippen LogP contribution in [0.15, 0.2) is 28.7 Å². The van der Waals surface area contributed by atoms with Crippen LogP contribution in [0.4, 0.5) is 0 Å². The van der Waals surface area contributed by atoms with Crippen LogP contribution in [0.5, 0.6) is 0 Å². The van der Waals surface area contributed by atoms with Crippen LogP contribution in [0, 0.1) is 5.92 Å². The maximum Gasteiger partial charge on any atom is 0.182 e. The summed E-state index contributed by atoms with van der Waals surface area (Å²) in [5.41, 5.74) is 1.01. The quantitative estimate of drug-likeness (QED) is 0.926. The van der Waals surface area contributed by atoms with Crippen molar-refractivity contribution in [2.75, 3.05) is 6.61 Å². The maximum absolute atomic E-state index is 9.22. The van der Waals surface area contributed by atoms with E-state index in [-0.39, 0.29) is 6.61 Å². The standard InChI is InChI=1S/C13H14BrN3O/c14-11-4-2-1-3-10(11)13-15-12-7-9(8-18)5-6-17(12)16-13/h1-4,9,18H,5-8H2. The topological polar surface area (TPSA) is 50.9 Å². The van der Waals surface area contributed by atoms with Gasteiger partial charge in [0.15, 0.2) is 5.82 Å². The van der Waals surface area contributed by atoms with Gasteiger partial charge in [0.2, 0.25) is 0 Å². The maximum atomic E-state index is 9.22. The number of fused-ring (bicyclic) bond motifs is 1. The molecule has 5 heteroatoms. The molecular weight excluding hydrogens is 294 g/mol. The van der Waals surface area contributed by atoms with Crippen molar-refractivity contribution in [3.8, 4) is 11.4 Å². The highest BCUT2D eigenvalue weighted by Gasteiger charge is 2.22. The molecule has 1 N–H and O–H groups in total. The van der Waals surface area contributed by atoms with Gasteiger partial charge in [-0.25, -0.2) is 9.67 Å². The molecule has 1 unspecified atom stereocenters. The van der Waals surface area contributed by atoms with Gasteiger partial charge in [0.05, 0.1) is 0 Å². The number of halogens is 1. The molecule has 1 aromatic carbocycles. The van der Waals surface area contributed by atoms with E-state index in [1.165, 1.54) is 0 Å². The first-order valence-corrected chi connectivity index (χ1v) is 6.86. The molecule has 1 atom stereocenters. The molecular formula is C13H14BrN3O. The average Bonchev–Trinajstić information content (AvgIpc) is 2.81. The zero-order chi connectivity index (χ0) is 12.5. The highest BCUT2D eigenvalue weighted by molar-refractivity contribution is 9.10. The summed E-state index contributed by atoms with van der Waals surface area (Å²) in [6.45, 7) is 1.08. The van der Waals surface area contributed by atoms with Crippen LogP contribution < -0.4 is 0 Å². The van der Waals surface area contributed by atoms with E-state index in [4.69, 9.17) is 0 Å². The molecule has 0 spiro atoms. The summed E-state index contributed by atoms with van der Waals surface area (Å²) < 4.78 is 2.97. The number of hydrogen-bond acceptors (Lipinski definition) is 3. The Morgan fingerprint density at radius 1 is 1.39 bits per heavy atom. The van der Waals surface area contributed by atoms with Gasteiger partial charge in [0, 0.05) is 29.6 Å². The predicted molar refractivity (Wildman–Crippen MR) is 72.1 cm³/mol. The minimum atomic E-state index is 0.233. The lowest BCUT2D eigenvalue weighted by Crippen LogP contribution is -2.22. The molecule has 3 rings (SSSR count). The number of aliphatic hydroxyl groups is 1. The lowest BCUT2D eigenvalue weighted by Gasteiger charge is -2.19. The first kappa shape index (κ1) is 11.9. The summed E-state index contributed by atoms with van der Waals surface area (Å²) in [6.07, 6.45) is 1.79. The van der Waals surface area contributed by atoms with Crippen LogP contribution in [0.2, 0.25) is 0 Å². The number of benzene rings is 1. The third-order valence-electron chi connectivity index (χ3n) is 3.34. The van der Waals surface area contributed by atoms with Crippen LogP contribution in [0.25, 0.3) is 11.4 Å². The van der Waals surface area contributed by atoms with Crippen molar-refractivity contribution in [2.45, 2.75) is 19.4 Å². The molecule has 0 saturated carbocycles. The summed E-state index contributed by atoms with van der Waals surface area (Å²) in [4.78, 5) is 4.59. The number of rotatable bonds is 2. The van der Waals surface area contributed by atoms with Gasteiger partial charge in [-0.1, -0.05) is 28.1 Å². The second kappa shape index (κ2) is 4.82. The van der Waals surface area contributed by atoms with Crippen LogP contribution in [-0.2, 0) is 13.0 Å². The normalized spacial score (nSPS) is 18.7. The number of aromatic nitrogens is 3. The minimum Gasteiger partial charge on any atom is -0.396 e. The van der Waals surface area contributed by atoms with Gasteiger partial charge < -0.3 is 5.11 Å². The molecule has 1 aliphatic heterocycles. The van der Waals surface area contributed by atoms with E-state index in [2.05, 4.69) is 26.0 Å². The molecule has 2 heterocycles. The van der Waals surface area contributed by atoms with E-state index in [1.807, 2.05) is 28.9 Å². The van der Waals surface area contributed by atoms with Crippen LogP contribution in [0.1, 0.15) is 12.2 Å². The van der Waals surface area contributed by atoms with E-state index in [0.717, 1.165) is 41.1 Å². The van der Waals surface area contributed by atoms with E-state index in [1.54, 1.807) is 0 Å². The molecule has 0 amide bonds. The van der Waals surface area contributed by atoms with Gasteiger partial charge in [-0.15, -0.1) is 0 Å². The molecule has 4 nitrogen and oxygen atoms in total. The first-order valence-electron chi connectivity index (χ1n) is 6.07. The fourth-order valence-corrected chi connectivity index (χ4v) is 2.74. The molecule has 94 valence electrons. The molecule has 18 heavy (non-hydrogen) atoms. The number of aliphatic hydroxyl groups excluding tert-OH is 1. The zero-order valence-corrected chi connectivity index (χ0v) is 11.5. The Hall–Kier alpha value is -1.20. The average molecular weight is 308 g/mol. The minimum absolute atomic E-state index is 0.233. The summed E-state index contributed by atoms with van der Waals surface area (Å²) in [5, 5.41) is 13.8. The van der Waals surface area contributed by atoms with Crippen LogP contribution in [0.3, 0.4) is 0 Å². The van der Waals surface area contributed by atoms with E-state index < -0.39 is 0 Å². The van der Waals surface area contributed by atoms with Crippen molar-refractivity contribution in [1.29, 1.82) is 0 Å². The predicted octanol–water partition coefficient (Wildman–Crippen LogP) is 2.26. The van der Waals surface area contributed by atoms with Gasteiger partial charge in [-0.3, -0.25) is 0 Å². The summed E-state index contributed by atoms with van der Waals surface area (Å²) in [6, 6.07) is 7.96. The molecule has 0 bridgehead atoms. The van der Waals surface area contributed by atoms with Crippen LogP contribution >= 0.6 is 15.9 Å². The summed E-state index contributed by atoms with van der Waals surface area (Å²) >= 11 is 3.52. The molecule has 2 aromatic rings. The second-order valence-electron chi connectivity index (χ2n) is 4.60. The molecule has 0 aliphatic carbocycles. The molecule has 0 radical (unpaired) electrons. The number of nitrogens with zero attached hydrogens (tertiary/aromatic N) is 3. The summed E-state index contributed by atoms with van der Waals surface area (Å²) in [5.74, 6) is 2.07. The smallest absolute Gasteiger partial charge is 0.182 e. The van der Waals surface area contributed by atoms with Gasteiger partial charge >= 0.3 is 0 Å². The molecule has 0 fully saturated rings. The third kappa shape index (κ3) is 2.08. The monoisotopic (exact) mass is 307 g/mol. The summed E-state index contributed by atoms with van der Waals surface area (Å²) in [7, 11) is 0. The largest absolute Gasteiger partial charge is 0.396 e. The van der Waals surface area contributed by atoms with E-state index >= 15 is 0 Å². The van der Waals surface area contributed by atoms with Gasteiger partial charge in [-0.05, 0) is 24.5 Å². The van der Waals surface area contributed by atoms with E-state index in [0.29, 0.717) is 5.92 Å². The fourth-order valence-electron chi connectivity index (χ4n) is 2.28. The van der Waals surface area contributed by atoms with Crippen molar-refractivity contribution in [3.63, 3.8) is 0 Å². The Bertz CT molecular complexity index is 567. The second-order valence-corrected chi connectivity index (χ2v) is 5.45. The molecule has 1 aromatic heterocycles. The Kier molecular flexibility index (Phi) is 3.18. The number of aryl methyl sites for hydroxylation is 1. The van der Waals surface area contributed by atoms with Crippen molar-refractivity contribution in [1.82, 2.24) is 14.8 Å². The lowest BCUT2D eigenvalue weighted by atomic mass is 9.99. The first-order chi connectivity index (χ1) is 8.78. The van der Waals surface area contributed by atoms with Crippen molar-refractivity contribution in [3.05, 3.63) is 34.6 Å². The molecule has 0 saturated heterocycles. The Balaban J connectivity index is 1.97. The Morgan fingerprint density at radius 2 is 2.22 bits per heavy atom. The van der Waals surface area contributed by atoms with Gasteiger partial charge in [0.1, 0.15) is 5.82 Å². The molecule has 1 aliphatic rings. The van der Waals surface area contributed by atoms with Crippen molar-refractivity contribution < 1.29 is 5.11 Å². The third-order valence-corrected chi connectivity index (χ3v) is 4.03. The van der Waals surface area contributed by atoms with Crippen LogP contribution in [-0.4, -0.2) is 26.5 Å². The van der Waals surface area contributed by atoms with Gasteiger partial charge in [-0.2, -0.15) is 5.10 Å². The fraction of sp³-hybridized carbons (Fsp3) is 0.385. The lowest BCUT2D eigenvalue weighted by molar-refractivity contribution is 0.196.